The molecule has 2 aromatic rings. The fourth-order valence-corrected chi connectivity index (χ4v) is 3.25. The van der Waals surface area contributed by atoms with Crippen LogP contribution in [0.15, 0.2) is 48.5 Å². The van der Waals surface area contributed by atoms with Crippen molar-refractivity contribution in [3.8, 4) is 0 Å². The van der Waals surface area contributed by atoms with Gasteiger partial charge in [-0.3, -0.25) is 0 Å². The minimum absolute atomic E-state index is 0.0665. The molecule has 0 atom stereocenters. The van der Waals surface area contributed by atoms with Crippen molar-refractivity contribution in [1.82, 2.24) is 0 Å². The molecule has 14 heteroatoms. The van der Waals surface area contributed by atoms with Gasteiger partial charge in [0.05, 0.1) is 102 Å². The average Bonchev–Trinajstić information content (AvgIpc) is 3.03. The average molecular weight is 623 g/mol. The maximum Gasteiger partial charge on any atom is 0.338 e. The van der Waals surface area contributed by atoms with Crippen LogP contribution in [0, 0.1) is 0 Å². The Morgan fingerprint density at radius 2 is 0.568 bits per heavy atom. The third-order valence-corrected chi connectivity index (χ3v) is 5.52. The molecule has 0 saturated carbocycles. The number of carboxylic acid groups (broad SMARTS) is 2. The number of ether oxygens (including phenoxy) is 8. The molecule has 0 radical (unpaired) electrons. The van der Waals surface area contributed by atoms with Crippen molar-refractivity contribution in [3.63, 3.8) is 0 Å². The minimum atomic E-state index is -1.07. The van der Waals surface area contributed by atoms with Gasteiger partial charge in [-0.15, -0.1) is 0 Å². The number of hydrogen-bond donors (Lipinski definition) is 2. The Bertz CT molecular complexity index is 1030. The van der Waals surface area contributed by atoms with E-state index in [2.05, 4.69) is 0 Å². The van der Waals surface area contributed by atoms with Crippen molar-refractivity contribution in [3.05, 3.63) is 70.8 Å². The first kappa shape index (κ1) is 36.3. The van der Waals surface area contributed by atoms with Gasteiger partial charge in [-0.1, -0.05) is 0 Å². The zero-order valence-electron chi connectivity index (χ0n) is 24.3. The van der Waals surface area contributed by atoms with E-state index in [4.69, 9.17) is 48.1 Å². The molecule has 0 unspecified atom stereocenters. The minimum Gasteiger partial charge on any atom is -0.478 e. The van der Waals surface area contributed by atoms with Gasteiger partial charge < -0.3 is 48.1 Å². The summed E-state index contributed by atoms with van der Waals surface area (Å²) in [5.74, 6) is -3.24. The Kier molecular flexibility index (Phi) is 18.6. The number of rotatable bonds is 25. The molecule has 0 fully saturated rings. The van der Waals surface area contributed by atoms with Crippen LogP contribution >= 0.6 is 0 Å². The molecule has 0 spiro atoms. The number of carbonyl (C=O) groups excluding carboxylic acids is 2. The van der Waals surface area contributed by atoms with Crippen molar-refractivity contribution < 1.29 is 67.3 Å². The van der Waals surface area contributed by atoms with Crippen molar-refractivity contribution in [2.45, 2.75) is 0 Å². The fraction of sp³-hybridized carbons (Fsp3) is 0.467. The van der Waals surface area contributed by atoms with Crippen LogP contribution < -0.4 is 0 Å². The summed E-state index contributed by atoms with van der Waals surface area (Å²) in [5, 5.41) is 17.7. The van der Waals surface area contributed by atoms with Crippen molar-refractivity contribution in [1.29, 1.82) is 0 Å². The van der Waals surface area contributed by atoms with Gasteiger partial charge in [0, 0.05) is 0 Å². The van der Waals surface area contributed by atoms with Gasteiger partial charge in [0.15, 0.2) is 0 Å². The zero-order chi connectivity index (χ0) is 31.8. The quantitative estimate of drug-likeness (QED) is 0.121. The first-order chi connectivity index (χ1) is 21.4. The highest BCUT2D eigenvalue weighted by Crippen LogP contribution is 2.07. The SMILES string of the molecule is O=C(O)c1ccc(C(=O)OCCOCCOCCOCCOCCOCCOCCOC(=O)c2ccc(C(=O)O)cc2)cc1. The van der Waals surface area contributed by atoms with Gasteiger partial charge in [0.25, 0.3) is 0 Å². The Morgan fingerprint density at radius 1 is 0.364 bits per heavy atom. The summed E-state index contributed by atoms with van der Waals surface area (Å²) in [6.07, 6.45) is 0. The van der Waals surface area contributed by atoms with Crippen molar-refractivity contribution in [2.24, 2.45) is 0 Å². The molecule has 0 amide bonds. The second-order valence-electron chi connectivity index (χ2n) is 8.71. The summed E-state index contributed by atoms with van der Waals surface area (Å²) in [5.41, 5.74) is 0.713. The lowest BCUT2D eigenvalue weighted by Gasteiger charge is -2.09. The molecule has 0 heterocycles. The molecule has 0 bridgehead atoms. The molecule has 14 nitrogen and oxygen atoms in total. The first-order valence-electron chi connectivity index (χ1n) is 13.9. The van der Waals surface area contributed by atoms with Crippen molar-refractivity contribution >= 4 is 23.9 Å². The summed E-state index contributed by atoms with van der Waals surface area (Å²) >= 11 is 0. The molecule has 0 aliphatic heterocycles. The predicted molar refractivity (Wildman–Crippen MR) is 152 cm³/mol. The Labute approximate surface area is 254 Å². The van der Waals surface area contributed by atoms with E-state index in [0.29, 0.717) is 66.1 Å². The maximum absolute atomic E-state index is 11.9. The second-order valence-corrected chi connectivity index (χ2v) is 8.71. The normalized spacial score (nSPS) is 10.8. The largest absolute Gasteiger partial charge is 0.478 e. The molecule has 2 aromatic carbocycles. The number of benzene rings is 2. The Balaban J connectivity index is 1.27. The Hall–Kier alpha value is -3.92. The lowest BCUT2D eigenvalue weighted by molar-refractivity contribution is -0.0213. The maximum atomic E-state index is 11.9. The van der Waals surface area contributed by atoms with E-state index >= 15 is 0 Å². The van der Waals surface area contributed by atoms with Gasteiger partial charge >= 0.3 is 23.9 Å². The van der Waals surface area contributed by atoms with Crippen LogP contribution in [0.1, 0.15) is 41.4 Å². The highest BCUT2D eigenvalue weighted by Gasteiger charge is 2.10. The molecule has 44 heavy (non-hydrogen) atoms. The molecule has 0 aromatic heterocycles. The summed E-state index contributed by atoms with van der Waals surface area (Å²) in [7, 11) is 0. The lowest BCUT2D eigenvalue weighted by Crippen LogP contribution is -2.15. The van der Waals surface area contributed by atoms with E-state index in [9.17, 15) is 19.2 Å². The van der Waals surface area contributed by atoms with Gasteiger partial charge in [-0.25, -0.2) is 19.2 Å². The van der Waals surface area contributed by atoms with Crippen molar-refractivity contribution in [2.75, 3.05) is 92.5 Å². The number of aromatic carboxylic acids is 2. The van der Waals surface area contributed by atoms with Crippen LogP contribution in [0.2, 0.25) is 0 Å². The van der Waals surface area contributed by atoms with E-state index in [1.807, 2.05) is 0 Å². The van der Waals surface area contributed by atoms with Crippen LogP contribution in [-0.4, -0.2) is 127 Å². The molecular formula is C30H38O14. The number of carboxylic acids is 2. The van der Waals surface area contributed by atoms with Gasteiger partial charge in [0.1, 0.15) is 13.2 Å². The number of carbonyl (C=O) groups is 4. The smallest absolute Gasteiger partial charge is 0.338 e. The molecule has 2 rings (SSSR count). The van der Waals surface area contributed by atoms with E-state index < -0.39 is 23.9 Å². The van der Waals surface area contributed by atoms with E-state index in [-0.39, 0.29) is 48.7 Å². The third-order valence-electron chi connectivity index (χ3n) is 5.52. The zero-order valence-corrected chi connectivity index (χ0v) is 24.3. The molecule has 0 aliphatic carbocycles. The number of hydrogen-bond acceptors (Lipinski definition) is 12. The van der Waals surface area contributed by atoms with E-state index in [0.717, 1.165) is 0 Å². The van der Waals surface area contributed by atoms with Gasteiger partial charge in [-0.05, 0) is 48.5 Å². The molecule has 242 valence electrons. The standard InChI is InChI=1S/C30H38O14/c31-27(32)23-1-5-25(6-2-23)29(35)43-21-19-41-17-15-39-13-11-37-9-10-38-12-14-40-16-18-42-20-22-44-30(36)26-7-3-24(4-8-26)28(33)34/h1-8H,9-22H2,(H,31,32)(H,33,34). The molecular weight excluding hydrogens is 584 g/mol. The summed E-state index contributed by atoms with van der Waals surface area (Å²) in [4.78, 5) is 45.4. The molecule has 2 N–H and O–H groups in total. The summed E-state index contributed by atoms with van der Waals surface area (Å²) < 4.78 is 42.4. The Morgan fingerprint density at radius 3 is 0.795 bits per heavy atom. The van der Waals surface area contributed by atoms with Crippen LogP contribution in [-0.2, 0) is 37.9 Å². The second kappa shape index (κ2) is 22.6. The predicted octanol–water partition coefficient (Wildman–Crippen LogP) is 2.20. The first-order valence-corrected chi connectivity index (χ1v) is 13.9. The molecule has 0 aliphatic rings. The topological polar surface area (TPSA) is 183 Å². The summed E-state index contributed by atoms with van der Waals surface area (Å²) in [6, 6.07) is 10.9. The molecule has 0 saturated heterocycles. The lowest BCUT2D eigenvalue weighted by atomic mass is 10.1. The van der Waals surface area contributed by atoms with Crippen LogP contribution in [0.4, 0.5) is 0 Å². The highest BCUT2D eigenvalue weighted by atomic mass is 16.6. The van der Waals surface area contributed by atoms with E-state index in [1.54, 1.807) is 0 Å². The van der Waals surface area contributed by atoms with Crippen LogP contribution in [0.5, 0.6) is 0 Å². The van der Waals surface area contributed by atoms with Gasteiger partial charge in [-0.2, -0.15) is 0 Å². The highest BCUT2D eigenvalue weighted by molar-refractivity contribution is 5.93. The monoisotopic (exact) mass is 622 g/mol. The van der Waals surface area contributed by atoms with Crippen LogP contribution in [0.3, 0.4) is 0 Å². The van der Waals surface area contributed by atoms with Gasteiger partial charge in [0.2, 0.25) is 0 Å². The number of esters is 2. The summed E-state index contributed by atoms with van der Waals surface area (Å²) in [6.45, 7) is 4.36. The third kappa shape index (κ3) is 16.1. The van der Waals surface area contributed by atoms with Crippen LogP contribution in [0.25, 0.3) is 0 Å². The van der Waals surface area contributed by atoms with E-state index in [1.165, 1.54) is 48.5 Å². The fourth-order valence-electron chi connectivity index (χ4n) is 3.25.